The molecule has 17 heavy (non-hydrogen) atoms. The van der Waals surface area contributed by atoms with E-state index in [1.54, 1.807) is 7.11 Å². The minimum absolute atomic E-state index is 0.217. The number of ether oxygens (including phenoxy) is 1. The first-order valence-electron chi connectivity index (χ1n) is 6.63. The van der Waals surface area contributed by atoms with E-state index in [9.17, 15) is 4.79 Å². The molecule has 0 aromatic carbocycles. The van der Waals surface area contributed by atoms with Gasteiger partial charge in [-0.2, -0.15) is 0 Å². The molecule has 0 aromatic heterocycles. The van der Waals surface area contributed by atoms with Gasteiger partial charge in [-0.25, -0.2) is 0 Å². The van der Waals surface area contributed by atoms with E-state index in [0.717, 1.165) is 19.6 Å². The lowest BCUT2D eigenvalue weighted by Crippen LogP contribution is -2.43. The van der Waals surface area contributed by atoms with Gasteiger partial charge >= 0.3 is 0 Å². The summed E-state index contributed by atoms with van der Waals surface area (Å²) < 4.78 is 4.97. The predicted octanol–water partition coefficient (Wildman–Crippen LogP) is 1.26. The summed E-state index contributed by atoms with van der Waals surface area (Å²) in [5.41, 5.74) is 0. The Balaban J connectivity index is 2.43. The highest BCUT2D eigenvalue weighted by atomic mass is 16.5. The van der Waals surface area contributed by atoms with Gasteiger partial charge < -0.3 is 15.0 Å². The maximum Gasteiger partial charge on any atom is 0.224 e. The Labute approximate surface area is 105 Å². The molecule has 100 valence electrons. The number of carbonyl (C=O) groups is 1. The van der Waals surface area contributed by atoms with Crippen molar-refractivity contribution in [3.63, 3.8) is 0 Å². The molecule has 4 nitrogen and oxygen atoms in total. The summed E-state index contributed by atoms with van der Waals surface area (Å²) >= 11 is 0. The zero-order chi connectivity index (χ0) is 12.7. The van der Waals surface area contributed by atoms with Crippen LogP contribution in [0.15, 0.2) is 0 Å². The molecule has 0 saturated carbocycles. The quantitative estimate of drug-likeness (QED) is 0.731. The fourth-order valence-corrected chi connectivity index (χ4v) is 2.25. The fourth-order valence-electron chi connectivity index (χ4n) is 2.25. The Bertz CT molecular complexity index is 225. The van der Waals surface area contributed by atoms with Crippen LogP contribution in [-0.4, -0.2) is 50.2 Å². The molecule has 1 atom stereocenters. The molecule has 1 aliphatic rings. The molecule has 0 bridgehead atoms. The van der Waals surface area contributed by atoms with Crippen molar-refractivity contribution in [2.75, 3.05) is 33.4 Å². The summed E-state index contributed by atoms with van der Waals surface area (Å²) in [5, 5.41) is 3.45. The minimum atomic E-state index is 0.217. The third-order valence-electron chi connectivity index (χ3n) is 3.06. The third kappa shape index (κ3) is 5.50. The van der Waals surface area contributed by atoms with Crippen LogP contribution in [-0.2, 0) is 9.53 Å². The molecule has 1 saturated heterocycles. The summed E-state index contributed by atoms with van der Waals surface area (Å²) in [7, 11) is 1.64. The third-order valence-corrected chi connectivity index (χ3v) is 3.06. The van der Waals surface area contributed by atoms with Crippen molar-refractivity contribution in [1.82, 2.24) is 10.2 Å². The number of nitrogens with zero attached hydrogens (tertiary/aromatic N) is 1. The highest BCUT2D eigenvalue weighted by Gasteiger charge is 2.21. The average Bonchev–Trinajstić information content (AvgIpc) is 2.77. The van der Waals surface area contributed by atoms with Gasteiger partial charge in [-0.15, -0.1) is 0 Å². The second-order valence-corrected chi connectivity index (χ2v) is 5.23. The number of hydrogen-bond acceptors (Lipinski definition) is 3. The van der Waals surface area contributed by atoms with E-state index >= 15 is 0 Å². The molecule has 1 aliphatic heterocycles. The van der Waals surface area contributed by atoms with Crippen LogP contribution in [0.1, 0.15) is 33.1 Å². The Hall–Kier alpha value is -0.610. The molecule has 1 fully saturated rings. The largest absolute Gasteiger partial charge is 0.384 e. The van der Waals surface area contributed by atoms with Crippen LogP contribution in [0.2, 0.25) is 0 Å². The Morgan fingerprint density at radius 3 is 2.82 bits per heavy atom. The molecule has 1 N–H and O–H groups in total. The normalized spacial score (nSPS) is 19.9. The molecule has 1 heterocycles. The molecular weight excluding hydrogens is 216 g/mol. The smallest absolute Gasteiger partial charge is 0.224 e. The maximum absolute atomic E-state index is 12.0. The molecule has 0 radical (unpaired) electrons. The molecule has 1 amide bonds. The van der Waals surface area contributed by atoms with Gasteiger partial charge in [-0.3, -0.25) is 4.79 Å². The summed E-state index contributed by atoms with van der Waals surface area (Å²) in [4.78, 5) is 14.0. The van der Waals surface area contributed by atoms with Crippen LogP contribution in [0, 0.1) is 5.92 Å². The van der Waals surface area contributed by atoms with Crippen molar-refractivity contribution in [3.05, 3.63) is 0 Å². The molecule has 0 aromatic rings. The number of hydrogen-bond donors (Lipinski definition) is 1. The van der Waals surface area contributed by atoms with Gasteiger partial charge in [0, 0.05) is 26.2 Å². The van der Waals surface area contributed by atoms with Gasteiger partial charge in [0.2, 0.25) is 5.91 Å². The lowest BCUT2D eigenvalue weighted by molar-refractivity contribution is -0.133. The van der Waals surface area contributed by atoms with Crippen molar-refractivity contribution in [3.8, 4) is 0 Å². The molecule has 1 rings (SSSR count). The first-order valence-corrected chi connectivity index (χ1v) is 6.63. The SMILES string of the molecule is COCCC(=O)N(CC(C)C)CC1CCCN1. The van der Waals surface area contributed by atoms with Crippen LogP contribution < -0.4 is 5.32 Å². The molecular formula is C13H26N2O2. The van der Waals surface area contributed by atoms with Crippen molar-refractivity contribution in [1.29, 1.82) is 0 Å². The summed E-state index contributed by atoms with van der Waals surface area (Å²) in [5.74, 6) is 0.733. The van der Waals surface area contributed by atoms with E-state index in [0.29, 0.717) is 25.0 Å². The van der Waals surface area contributed by atoms with Crippen molar-refractivity contribution in [2.45, 2.75) is 39.2 Å². The van der Waals surface area contributed by atoms with Crippen LogP contribution >= 0.6 is 0 Å². The number of amides is 1. The molecule has 1 unspecified atom stereocenters. The summed E-state index contributed by atoms with van der Waals surface area (Å²) in [6.45, 7) is 7.61. The van der Waals surface area contributed by atoms with E-state index in [1.807, 2.05) is 4.90 Å². The van der Waals surface area contributed by atoms with Crippen molar-refractivity contribution in [2.24, 2.45) is 5.92 Å². The summed E-state index contributed by atoms with van der Waals surface area (Å²) in [6.07, 6.45) is 2.91. The predicted molar refractivity (Wildman–Crippen MR) is 68.9 cm³/mol. The van der Waals surface area contributed by atoms with Crippen molar-refractivity contribution >= 4 is 5.91 Å². The lowest BCUT2D eigenvalue weighted by atomic mass is 10.1. The Morgan fingerprint density at radius 2 is 2.29 bits per heavy atom. The van der Waals surface area contributed by atoms with Crippen molar-refractivity contribution < 1.29 is 9.53 Å². The standard InChI is InChI=1S/C13H26N2O2/c1-11(2)9-15(13(16)6-8-17-3)10-12-5-4-7-14-12/h11-12,14H,4-10H2,1-3H3. The average molecular weight is 242 g/mol. The van der Waals surface area contributed by atoms with Gasteiger partial charge in [0.25, 0.3) is 0 Å². The number of rotatable bonds is 7. The zero-order valence-corrected chi connectivity index (χ0v) is 11.4. The fraction of sp³-hybridized carbons (Fsp3) is 0.923. The lowest BCUT2D eigenvalue weighted by Gasteiger charge is -2.27. The zero-order valence-electron chi connectivity index (χ0n) is 11.4. The van der Waals surface area contributed by atoms with Gasteiger partial charge in [-0.05, 0) is 25.3 Å². The van der Waals surface area contributed by atoms with E-state index in [1.165, 1.54) is 12.8 Å². The first-order chi connectivity index (χ1) is 8.13. The Kier molecular flexibility index (Phi) is 6.52. The van der Waals surface area contributed by atoms with E-state index < -0.39 is 0 Å². The first kappa shape index (κ1) is 14.5. The van der Waals surface area contributed by atoms with Crippen LogP contribution in [0.5, 0.6) is 0 Å². The van der Waals surface area contributed by atoms with E-state index in [2.05, 4.69) is 19.2 Å². The van der Waals surface area contributed by atoms with E-state index in [-0.39, 0.29) is 5.91 Å². The van der Waals surface area contributed by atoms with Gasteiger partial charge in [-0.1, -0.05) is 13.8 Å². The number of nitrogens with one attached hydrogen (secondary N) is 1. The van der Waals surface area contributed by atoms with Gasteiger partial charge in [0.15, 0.2) is 0 Å². The monoisotopic (exact) mass is 242 g/mol. The summed E-state index contributed by atoms with van der Waals surface area (Å²) in [6, 6.07) is 0.486. The molecule has 4 heteroatoms. The highest BCUT2D eigenvalue weighted by Crippen LogP contribution is 2.10. The van der Waals surface area contributed by atoms with Crippen LogP contribution in [0.4, 0.5) is 0 Å². The second-order valence-electron chi connectivity index (χ2n) is 5.23. The van der Waals surface area contributed by atoms with E-state index in [4.69, 9.17) is 4.74 Å². The number of methoxy groups -OCH3 is 1. The number of carbonyl (C=O) groups excluding carboxylic acids is 1. The van der Waals surface area contributed by atoms with Crippen LogP contribution in [0.25, 0.3) is 0 Å². The van der Waals surface area contributed by atoms with Gasteiger partial charge in [0.05, 0.1) is 13.0 Å². The highest BCUT2D eigenvalue weighted by molar-refractivity contribution is 5.76. The van der Waals surface area contributed by atoms with Gasteiger partial charge in [0.1, 0.15) is 0 Å². The topological polar surface area (TPSA) is 41.6 Å². The molecule has 0 aliphatic carbocycles. The van der Waals surface area contributed by atoms with Crippen LogP contribution in [0.3, 0.4) is 0 Å². The molecule has 0 spiro atoms. The maximum atomic E-state index is 12.0. The second kappa shape index (κ2) is 7.67. The Morgan fingerprint density at radius 1 is 1.53 bits per heavy atom. The minimum Gasteiger partial charge on any atom is -0.384 e.